The number of rotatable bonds is 4. The van der Waals surface area contributed by atoms with Gasteiger partial charge in [-0.25, -0.2) is 9.83 Å². The predicted octanol–water partition coefficient (Wildman–Crippen LogP) is 13.9. The maximum absolute atomic E-state index is 11.7. The number of fused-ring (bicyclic) bond motifs is 6. The molecule has 4 aromatic heterocycles. The van der Waals surface area contributed by atoms with E-state index in [-0.39, 0.29) is 0 Å². The van der Waals surface area contributed by atoms with Crippen molar-refractivity contribution in [3.63, 3.8) is 0 Å². The summed E-state index contributed by atoms with van der Waals surface area (Å²) in [5.74, 6) is 0. The molecule has 60 heavy (non-hydrogen) atoms. The lowest BCUT2D eigenvalue weighted by molar-refractivity contribution is 1.11. The summed E-state index contributed by atoms with van der Waals surface area (Å²) < 4.78 is 4.47. The summed E-state index contributed by atoms with van der Waals surface area (Å²) in [4.78, 5) is 14.7. The summed E-state index contributed by atoms with van der Waals surface area (Å²) in [6.45, 7) is 9.14. The number of nitrogens with zero attached hydrogens (tertiary/aromatic N) is 6. The minimum Gasteiger partial charge on any atom is -0.307 e. The average molecular weight is 761 g/mol. The van der Waals surface area contributed by atoms with Crippen LogP contribution in [0.4, 0.5) is 5.69 Å². The lowest BCUT2D eigenvalue weighted by Crippen LogP contribution is -2.09. The molecule has 9 aromatic carbocycles. The molecule has 0 aliphatic rings. The van der Waals surface area contributed by atoms with E-state index in [9.17, 15) is 5.26 Å². The van der Waals surface area contributed by atoms with Gasteiger partial charge in [0.05, 0.1) is 45.6 Å². The Morgan fingerprint density at radius 1 is 0.450 bits per heavy atom. The zero-order valence-electron chi connectivity index (χ0n) is 31.8. The largest absolute Gasteiger partial charge is 0.307 e. The first-order valence-electron chi connectivity index (χ1n) is 19.9. The Labute approximate surface area is 342 Å². The first-order chi connectivity index (χ1) is 29.8. The van der Waals surface area contributed by atoms with Crippen LogP contribution >= 0.6 is 0 Å². The van der Waals surface area contributed by atoms with Gasteiger partial charge in [0.15, 0.2) is 0 Å². The molecule has 0 bridgehead atoms. The van der Waals surface area contributed by atoms with Crippen molar-refractivity contribution in [1.82, 2.24) is 19.1 Å². The highest BCUT2D eigenvalue weighted by Gasteiger charge is 2.33. The van der Waals surface area contributed by atoms with Crippen LogP contribution in [0.3, 0.4) is 0 Å². The predicted molar refractivity (Wildman–Crippen MR) is 245 cm³/mol. The molecule has 0 saturated carbocycles. The maximum atomic E-state index is 11.7. The Kier molecular flexibility index (Phi) is 6.48. The van der Waals surface area contributed by atoms with Gasteiger partial charge in [-0.2, -0.15) is 5.26 Å². The maximum Gasteiger partial charge on any atom is 0.220 e. The third-order valence-corrected chi connectivity index (χ3v) is 12.6. The summed E-state index contributed by atoms with van der Waals surface area (Å²) >= 11 is 0. The van der Waals surface area contributed by atoms with E-state index in [1.165, 1.54) is 0 Å². The Balaban J connectivity index is 1.33. The number of hydrogen-bond acceptors (Lipinski definition) is 3. The molecule has 0 atom stereocenters. The third kappa shape index (κ3) is 4.04. The molecular weight excluding hydrogens is 733 g/mol. The van der Waals surface area contributed by atoms with Gasteiger partial charge in [-0.3, -0.25) is 4.98 Å². The Hall–Kier alpha value is -8.58. The van der Waals surface area contributed by atoms with Crippen LogP contribution in [0.15, 0.2) is 170 Å². The van der Waals surface area contributed by atoms with E-state index in [1.807, 2.05) is 60.9 Å². The molecule has 0 unspecified atom stereocenters. The van der Waals surface area contributed by atoms with Gasteiger partial charge in [0, 0.05) is 50.5 Å². The van der Waals surface area contributed by atoms with Gasteiger partial charge in [0.25, 0.3) is 0 Å². The second kappa shape index (κ2) is 12.0. The minimum atomic E-state index is 0.383. The van der Waals surface area contributed by atoms with Crippen molar-refractivity contribution in [1.29, 1.82) is 5.26 Å². The van der Waals surface area contributed by atoms with Gasteiger partial charge in [-0.05, 0) is 67.7 Å². The molecule has 6 nitrogen and oxygen atoms in total. The molecule has 0 radical (unpaired) electrons. The second-order valence-corrected chi connectivity index (χ2v) is 15.4. The summed E-state index contributed by atoms with van der Waals surface area (Å²) in [5, 5.41) is 23.9. The summed E-state index contributed by atoms with van der Waals surface area (Å²) in [6, 6.07) is 56.9. The standard InChI is InChI=1S/C54H28N6/c1-56-51-44(31-14-4-2-5-15-31)40(30-55)52(59-41-24-12-23-37-35-20-10-11-21-39(35)50-49(47(37)41)43(59)27-29-57-50)45(32-16-6-3-7-17-32)53(51)60-42-25-13-22-36-33-18-8-9-19-34(33)38-26-28-58-54(60)48(38)46(36)42/h2-29H. The molecule has 0 fully saturated rings. The number of pyridine rings is 2. The Bertz CT molecular complexity index is 3620. The van der Waals surface area contributed by atoms with Gasteiger partial charge < -0.3 is 9.13 Å². The molecule has 0 amide bonds. The number of benzene rings is 9. The SMILES string of the molecule is [C-]#[N+]c1c(-c2ccccc2)c(C#N)c(-n2c3cccc4c5ccccc5c5nccc2c5c43)c(-c2ccccc2)c1-n1c2cccc3c4ccccc4c4ccnc1c4c32. The van der Waals surface area contributed by atoms with Crippen molar-refractivity contribution >= 4 is 92.6 Å². The van der Waals surface area contributed by atoms with Crippen molar-refractivity contribution in [3.8, 4) is 39.7 Å². The number of aromatic nitrogens is 4. The van der Waals surface area contributed by atoms with Crippen molar-refractivity contribution in [2.75, 3.05) is 0 Å². The van der Waals surface area contributed by atoms with Crippen LogP contribution in [-0.2, 0) is 0 Å². The molecule has 0 spiro atoms. The molecule has 0 aliphatic carbocycles. The minimum absolute atomic E-state index is 0.383. The molecule has 0 aliphatic heterocycles. The molecule has 0 saturated heterocycles. The van der Waals surface area contributed by atoms with Crippen LogP contribution in [-0.4, -0.2) is 19.1 Å². The van der Waals surface area contributed by atoms with Crippen LogP contribution in [0.2, 0.25) is 0 Å². The van der Waals surface area contributed by atoms with Gasteiger partial charge in [-0.15, -0.1) is 0 Å². The van der Waals surface area contributed by atoms with Crippen LogP contribution < -0.4 is 0 Å². The van der Waals surface area contributed by atoms with E-state index < -0.39 is 0 Å². The lowest BCUT2D eigenvalue weighted by atomic mass is 9.88. The van der Waals surface area contributed by atoms with Crippen LogP contribution in [0, 0.1) is 17.9 Å². The van der Waals surface area contributed by atoms with Gasteiger partial charge in [0.1, 0.15) is 11.7 Å². The lowest BCUT2D eigenvalue weighted by Gasteiger charge is -2.25. The van der Waals surface area contributed by atoms with Gasteiger partial charge in [0.2, 0.25) is 5.69 Å². The molecule has 13 aromatic rings. The fourth-order valence-electron chi connectivity index (χ4n) is 10.3. The molecule has 0 N–H and O–H groups in total. The van der Waals surface area contributed by atoms with Crippen molar-refractivity contribution in [2.45, 2.75) is 0 Å². The highest BCUT2D eigenvalue weighted by Crippen LogP contribution is 2.54. The monoisotopic (exact) mass is 760 g/mol. The first kappa shape index (κ1) is 32.5. The van der Waals surface area contributed by atoms with E-state index >= 15 is 0 Å². The topological polar surface area (TPSA) is 63.8 Å². The van der Waals surface area contributed by atoms with Crippen molar-refractivity contribution in [3.05, 3.63) is 187 Å². The zero-order valence-corrected chi connectivity index (χ0v) is 31.8. The summed E-state index contributed by atoms with van der Waals surface area (Å²) in [7, 11) is 0. The Morgan fingerprint density at radius 3 is 1.62 bits per heavy atom. The average Bonchev–Trinajstić information content (AvgIpc) is 3.84. The second-order valence-electron chi connectivity index (χ2n) is 15.4. The number of nitriles is 1. The molecule has 13 rings (SSSR count). The van der Waals surface area contributed by atoms with Crippen molar-refractivity contribution in [2.24, 2.45) is 0 Å². The molecule has 4 heterocycles. The van der Waals surface area contributed by atoms with E-state index in [0.29, 0.717) is 28.2 Å². The number of hydrogen-bond donors (Lipinski definition) is 0. The van der Waals surface area contributed by atoms with E-state index in [4.69, 9.17) is 16.5 Å². The smallest absolute Gasteiger partial charge is 0.220 e. The van der Waals surface area contributed by atoms with Crippen LogP contribution in [0.5, 0.6) is 0 Å². The van der Waals surface area contributed by atoms with E-state index in [1.54, 1.807) is 0 Å². The zero-order chi connectivity index (χ0) is 39.6. The van der Waals surface area contributed by atoms with E-state index in [0.717, 1.165) is 104 Å². The highest BCUT2D eigenvalue weighted by atomic mass is 15.1. The highest BCUT2D eigenvalue weighted by molar-refractivity contribution is 6.35. The molecule has 274 valence electrons. The first-order valence-corrected chi connectivity index (χ1v) is 19.9. The van der Waals surface area contributed by atoms with Crippen molar-refractivity contribution < 1.29 is 0 Å². The quantitative estimate of drug-likeness (QED) is 0.133. The van der Waals surface area contributed by atoms with Crippen LogP contribution in [0.1, 0.15) is 5.56 Å². The molecular formula is C54H28N6. The fraction of sp³-hybridized carbons (Fsp3) is 0. The van der Waals surface area contributed by atoms with Gasteiger partial charge >= 0.3 is 0 Å². The fourth-order valence-corrected chi connectivity index (χ4v) is 10.3. The van der Waals surface area contributed by atoms with E-state index in [2.05, 4.69) is 129 Å². The Morgan fingerprint density at radius 2 is 0.967 bits per heavy atom. The summed E-state index contributed by atoms with van der Waals surface area (Å²) in [6.07, 6.45) is 3.76. The summed E-state index contributed by atoms with van der Waals surface area (Å²) in [5.41, 5.74) is 9.69. The van der Waals surface area contributed by atoms with Crippen LogP contribution in [0.25, 0.3) is 125 Å². The molecule has 6 heteroatoms. The van der Waals surface area contributed by atoms with Gasteiger partial charge in [-0.1, -0.05) is 133 Å². The third-order valence-electron chi connectivity index (χ3n) is 12.6. The normalized spacial score (nSPS) is 12.0.